The molecule has 0 bridgehead atoms. The molecule has 2 heterocycles. The lowest BCUT2D eigenvalue weighted by atomic mass is 10.0. The highest BCUT2D eigenvalue weighted by Crippen LogP contribution is 2.32. The van der Waals surface area contributed by atoms with Crippen LogP contribution in [0.3, 0.4) is 0 Å². The molecule has 1 saturated heterocycles. The molecule has 43 heavy (non-hydrogen) atoms. The number of rotatable bonds is 6. The van der Waals surface area contributed by atoms with Gasteiger partial charge in [0.25, 0.3) is 0 Å². The Morgan fingerprint density at radius 2 is 1.67 bits per heavy atom. The normalized spacial score (nSPS) is 14.6. The summed E-state index contributed by atoms with van der Waals surface area (Å²) >= 11 is 0. The Bertz CT molecular complexity index is 1640. The third kappa shape index (κ3) is 7.03. The van der Waals surface area contributed by atoms with E-state index in [9.17, 15) is 19.1 Å². The van der Waals surface area contributed by atoms with Gasteiger partial charge in [-0.25, -0.2) is 14.2 Å². The third-order valence-electron chi connectivity index (χ3n) is 7.26. The number of carbonyl (C=O) groups is 2. The molecule has 5 rings (SSSR count). The highest BCUT2D eigenvalue weighted by molar-refractivity contribution is 6.21. The van der Waals surface area contributed by atoms with E-state index in [1.807, 2.05) is 80.3 Å². The van der Waals surface area contributed by atoms with Crippen molar-refractivity contribution in [1.82, 2.24) is 14.8 Å². The Labute approximate surface area is 250 Å². The van der Waals surface area contributed by atoms with Gasteiger partial charge >= 0.3 is 6.09 Å². The molecule has 4 aromatic rings. The van der Waals surface area contributed by atoms with Gasteiger partial charge in [-0.05, 0) is 63.2 Å². The van der Waals surface area contributed by atoms with Gasteiger partial charge in [0, 0.05) is 49.9 Å². The Morgan fingerprint density at radius 1 is 1.00 bits per heavy atom. The van der Waals surface area contributed by atoms with Crippen molar-refractivity contribution in [1.29, 1.82) is 0 Å². The molecule has 1 aliphatic rings. The Hall–Kier alpha value is -4.70. The van der Waals surface area contributed by atoms with Gasteiger partial charge in [0.1, 0.15) is 11.4 Å². The first-order valence-corrected chi connectivity index (χ1v) is 14.2. The maximum Gasteiger partial charge on any atom is 0.410 e. The number of amides is 2. The van der Waals surface area contributed by atoms with Crippen molar-refractivity contribution < 1.29 is 23.8 Å². The molecular weight excluding hydrogens is 549 g/mol. The number of hydrogen-bond acceptors (Lipinski definition) is 6. The number of anilines is 1. The average molecular weight is 586 g/mol. The van der Waals surface area contributed by atoms with E-state index < -0.39 is 11.4 Å². The molecule has 1 aliphatic heterocycles. The van der Waals surface area contributed by atoms with Crippen molar-refractivity contribution in [3.63, 3.8) is 0 Å². The summed E-state index contributed by atoms with van der Waals surface area (Å²) in [5.74, 6) is -0.573. The van der Waals surface area contributed by atoms with E-state index in [1.54, 1.807) is 22.9 Å². The van der Waals surface area contributed by atoms with Crippen LogP contribution in [0.2, 0.25) is 0 Å². The summed E-state index contributed by atoms with van der Waals surface area (Å²) < 4.78 is 19.3. The van der Waals surface area contributed by atoms with E-state index >= 15 is 0 Å². The largest absolute Gasteiger partial charge is 0.494 e. The van der Waals surface area contributed by atoms with E-state index in [1.165, 1.54) is 12.1 Å². The van der Waals surface area contributed by atoms with Gasteiger partial charge in [0.15, 0.2) is 5.88 Å². The zero-order chi connectivity index (χ0) is 30.7. The predicted molar refractivity (Wildman–Crippen MR) is 166 cm³/mol. The molecule has 1 fully saturated rings. The van der Waals surface area contributed by atoms with Crippen LogP contribution in [0, 0.1) is 5.82 Å². The highest BCUT2D eigenvalue weighted by Gasteiger charge is 2.27. The van der Waals surface area contributed by atoms with Gasteiger partial charge in [-0.2, -0.15) is 0 Å². The predicted octanol–water partition coefficient (Wildman–Crippen LogP) is 5.70. The molecule has 0 aliphatic carbocycles. The second-order valence-corrected chi connectivity index (χ2v) is 11.6. The average Bonchev–Trinajstić information content (AvgIpc) is 3.30. The number of nitrogens with one attached hydrogen (secondary N) is 1. The molecule has 0 spiro atoms. The van der Waals surface area contributed by atoms with Crippen molar-refractivity contribution in [3.05, 3.63) is 89.7 Å². The number of halogens is 1. The molecule has 2 N–H and O–H groups in total. The number of aromatic amines is 1. The number of aromatic hydroxyl groups is 1. The second-order valence-electron chi connectivity index (χ2n) is 11.6. The third-order valence-corrected chi connectivity index (χ3v) is 7.26. The van der Waals surface area contributed by atoms with Gasteiger partial charge in [-0.15, -0.1) is 0 Å². The van der Waals surface area contributed by atoms with E-state index in [0.29, 0.717) is 59.7 Å². The monoisotopic (exact) mass is 585 g/mol. The van der Waals surface area contributed by atoms with Crippen LogP contribution in [0.15, 0.2) is 77.8 Å². The van der Waals surface area contributed by atoms with Gasteiger partial charge in [0.2, 0.25) is 5.91 Å². The summed E-state index contributed by atoms with van der Waals surface area (Å²) in [6.07, 6.45) is -0.331. The number of H-pyrrole nitrogens is 1. The molecule has 2 amide bonds. The summed E-state index contributed by atoms with van der Waals surface area (Å²) in [4.78, 5) is 38.5. The van der Waals surface area contributed by atoms with Crippen molar-refractivity contribution >= 4 is 40.0 Å². The lowest BCUT2D eigenvalue weighted by Crippen LogP contribution is -2.52. The van der Waals surface area contributed by atoms with E-state index in [-0.39, 0.29) is 24.4 Å². The minimum Gasteiger partial charge on any atom is -0.494 e. The number of hydrogen-bond donors (Lipinski definition) is 2. The molecule has 3 aromatic carbocycles. The first kappa shape index (κ1) is 29.8. The van der Waals surface area contributed by atoms with E-state index in [0.717, 1.165) is 5.56 Å². The first-order valence-electron chi connectivity index (χ1n) is 14.2. The minimum atomic E-state index is -0.546. The van der Waals surface area contributed by atoms with Gasteiger partial charge in [-0.1, -0.05) is 30.3 Å². The number of ether oxygens (including phenoxy) is 1. The molecular formula is C33H36FN5O4. The van der Waals surface area contributed by atoms with Gasteiger partial charge < -0.3 is 24.6 Å². The van der Waals surface area contributed by atoms with Gasteiger partial charge in [-0.3, -0.25) is 9.69 Å². The van der Waals surface area contributed by atoms with Crippen molar-refractivity contribution in [2.24, 2.45) is 4.99 Å². The zero-order valence-electron chi connectivity index (χ0n) is 24.8. The van der Waals surface area contributed by atoms with Crippen LogP contribution in [0.1, 0.15) is 31.9 Å². The molecule has 224 valence electrons. The number of benzene rings is 3. The molecule has 0 atom stereocenters. The molecule has 0 unspecified atom stereocenters. The van der Waals surface area contributed by atoms with Crippen LogP contribution >= 0.6 is 0 Å². The number of piperazine rings is 1. The van der Waals surface area contributed by atoms with Crippen LogP contribution < -0.4 is 4.90 Å². The Kier molecular flexibility index (Phi) is 8.50. The summed E-state index contributed by atoms with van der Waals surface area (Å²) in [5.41, 5.74) is 3.04. The SMILES string of the molecule is CN(C(=O)CN1CCN(C(=O)OC(C)(C)C)CC1)c1ccc(N=C(c2ccccc2)c2c(O)[nH]c3cc(F)ccc23)cc1. The number of nitrogens with zero attached hydrogens (tertiary/aromatic N) is 4. The van der Waals surface area contributed by atoms with Crippen LogP contribution in [0.25, 0.3) is 10.9 Å². The Morgan fingerprint density at radius 3 is 2.33 bits per heavy atom. The van der Waals surface area contributed by atoms with E-state index in [2.05, 4.69) is 4.98 Å². The van der Waals surface area contributed by atoms with Crippen LogP contribution in [0.5, 0.6) is 5.88 Å². The van der Waals surface area contributed by atoms with Crippen molar-refractivity contribution in [2.75, 3.05) is 44.7 Å². The maximum absolute atomic E-state index is 13.9. The fraction of sp³-hybridized carbons (Fsp3) is 0.303. The summed E-state index contributed by atoms with van der Waals surface area (Å²) in [7, 11) is 1.73. The molecule has 9 nitrogen and oxygen atoms in total. The number of aromatic nitrogens is 1. The van der Waals surface area contributed by atoms with Crippen molar-refractivity contribution in [2.45, 2.75) is 26.4 Å². The summed E-state index contributed by atoms with van der Waals surface area (Å²) in [6.45, 7) is 7.94. The van der Waals surface area contributed by atoms with E-state index in [4.69, 9.17) is 9.73 Å². The minimum absolute atomic E-state index is 0.0668. The Balaban J connectivity index is 1.30. The standard InChI is InChI=1S/C33H36FN5O4/c1-33(2,3)43-32(42)39-18-16-38(17-19-39)21-28(40)37(4)25-13-11-24(12-14-25)35-30(22-8-6-5-7-9-22)29-26-15-10-23(34)20-27(26)36-31(29)41/h5-15,20,36,41H,16-19,21H2,1-4H3. The van der Waals surface area contributed by atoms with Crippen LogP contribution in [0.4, 0.5) is 20.6 Å². The molecule has 0 radical (unpaired) electrons. The fourth-order valence-corrected chi connectivity index (χ4v) is 4.99. The summed E-state index contributed by atoms with van der Waals surface area (Å²) in [5, 5.41) is 11.4. The van der Waals surface area contributed by atoms with Gasteiger partial charge in [0.05, 0.1) is 29.0 Å². The fourth-order valence-electron chi connectivity index (χ4n) is 4.99. The number of fused-ring (bicyclic) bond motifs is 1. The maximum atomic E-state index is 13.9. The number of likely N-dealkylation sites (N-methyl/N-ethyl adjacent to an activating group) is 1. The molecule has 0 saturated carbocycles. The number of carbonyl (C=O) groups excluding carboxylic acids is 2. The summed E-state index contributed by atoms with van der Waals surface area (Å²) in [6, 6.07) is 21.0. The topological polar surface area (TPSA) is 101 Å². The number of aliphatic imine (C=N–C) groups is 1. The lowest BCUT2D eigenvalue weighted by molar-refractivity contribution is -0.119. The second kappa shape index (κ2) is 12.3. The van der Waals surface area contributed by atoms with Crippen LogP contribution in [-0.2, 0) is 9.53 Å². The van der Waals surface area contributed by atoms with Crippen molar-refractivity contribution in [3.8, 4) is 5.88 Å². The molecule has 10 heteroatoms. The smallest absolute Gasteiger partial charge is 0.410 e. The highest BCUT2D eigenvalue weighted by atomic mass is 19.1. The van der Waals surface area contributed by atoms with Crippen LogP contribution in [-0.4, -0.2) is 83.0 Å². The lowest BCUT2D eigenvalue weighted by Gasteiger charge is -2.35. The molecule has 1 aromatic heterocycles. The zero-order valence-corrected chi connectivity index (χ0v) is 24.8. The quantitative estimate of drug-likeness (QED) is 0.283. The first-order chi connectivity index (χ1) is 20.5.